The molecule has 29 heavy (non-hydrogen) atoms. The molecule has 0 saturated carbocycles. The fraction of sp³-hybridized carbons (Fsp3) is 0.600. The van der Waals surface area contributed by atoms with Crippen molar-refractivity contribution in [2.24, 2.45) is 0 Å². The molecular formula is C20H29N3O5S. The summed E-state index contributed by atoms with van der Waals surface area (Å²) in [5, 5.41) is 2.75. The predicted octanol–water partition coefficient (Wildman–Crippen LogP) is 2.21. The minimum atomic E-state index is -3.70. The molecule has 160 valence electrons. The molecule has 2 saturated heterocycles. The van der Waals surface area contributed by atoms with Crippen LogP contribution in [-0.4, -0.2) is 62.2 Å². The molecule has 1 N–H and O–H groups in total. The van der Waals surface area contributed by atoms with E-state index < -0.39 is 10.0 Å². The fourth-order valence-electron chi connectivity index (χ4n) is 3.71. The first-order valence-electron chi connectivity index (χ1n) is 10.3. The van der Waals surface area contributed by atoms with Crippen molar-refractivity contribution in [2.45, 2.75) is 50.3 Å². The monoisotopic (exact) mass is 423 g/mol. The van der Waals surface area contributed by atoms with Crippen LogP contribution in [0.15, 0.2) is 23.1 Å². The number of carbonyl (C=O) groups is 2. The zero-order chi connectivity index (χ0) is 20.9. The number of amides is 2. The molecule has 0 bridgehead atoms. The van der Waals surface area contributed by atoms with Crippen LogP contribution in [0.3, 0.4) is 0 Å². The number of nitrogens with zero attached hydrogens (tertiary/aromatic N) is 2. The summed E-state index contributed by atoms with van der Waals surface area (Å²) in [4.78, 5) is 25.7. The standard InChI is InChI=1S/C20H29N3O5S/c1-2-28-17-9-8-16(21-19(24)10-14-22-11-6-7-20(22)25)15-18(17)29(26,27)23-12-4-3-5-13-23/h8-9,15H,2-7,10-14H2,1H3,(H,21,24). The first-order chi connectivity index (χ1) is 13.9. The normalized spacial score (nSPS) is 18.1. The minimum Gasteiger partial charge on any atom is -0.492 e. The summed E-state index contributed by atoms with van der Waals surface area (Å²) in [7, 11) is -3.70. The Kier molecular flexibility index (Phi) is 7.13. The maximum atomic E-state index is 13.1. The third-order valence-electron chi connectivity index (χ3n) is 5.24. The van der Waals surface area contributed by atoms with Gasteiger partial charge in [0.1, 0.15) is 10.6 Å². The van der Waals surface area contributed by atoms with E-state index in [9.17, 15) is 18.0 Å². The topological polar surface area (TPSA) is 96.0 Å². The number of carbonyl (C=O) groups excluding carboxylic acids is 2. The zero-order valence-corrected chi connectivity index (χ0v) is 17.7. The van der Waals surface area contributed by atoms with Crippen molar-refractivity contribution < 1.29 is 22.7 Å². The van der Waals surface area contributed by atoms with E-state index in [0.29, 0.717) is 50.6 Å². The number of likely N-dealkylation sites (tertiary alicyclic amines) is 1. The van der Waals surface area contributed by atoms with Gasteiger partial charge in [-0.05, 0) is 44.4 Å². The number of anilines is 1. The average molecular weight is 424 g/mol. The molecule has 0 unspecified atom stereocenters. The Morgan fingerprint density at radius 2 is 1.90 bits per heavy atom. The molecular weight excluding hydrogens is 394 g/mol. The van der Waals surface area contributed by atoms with E-state index in [2.05, 4.69) is 5.32 Å². The van der Waals surface area contributed by atoms with Crippen molar-refractivity contribution in [3.8, 4) is 5.75 Å². The van der Waals surface area contributed by atoms with Gasteiger partial charge in [-0.2, -0.15) is 4.31 Å². The number of sulfonamides is 1. The molecule has 0 aliphatic carbocycles. The van der Waals surface area contributed by atoms with Crippen molar-refractivity contribution >= 4 is 27.5 Å². The lowest BCUT2D eigenvalue weighted by atomic mass is 10.2. The number of hydrogen-bond donors (Lipinski definition) is 1. The van der Waals surface area contributed by atoms with Gasteiger partial charge in [-0.15, -0.1) is 0 Å². The fourth-order valence-corrected chi connectivity index (χ4v) is 5.38. The Balaban J connectivity index is 1.73. The van der Waals surface area contributed by atoms with Crippen molar-refractivity contribution in [2.75, 3.05) is 38.1 Å². The van der Waals surface area contributed by atoms with Gasteiger partial charge in [-0.3, -0.25) is 9.59 Å². The lowest BCUT2D eigenvalue weighted by Gasteiger charge is -2.27. The van der Waals surface area contributed by atoms with E-state index in [1.165, 1.54) is 10.4 Å². The third kappa shape index (κ3) is 5.27. The number of hydrogen-bond acceptors (Lipinski definition) is 5. The van der Waals surface area contributed by atoms with Crippen molar-refractivity contribution in [1.29, 1.82) is 0 Å². The molecule has 9 heteroatoms. The first kappa shape index (κ1) is 21.6. The molecule has 2 amide bonds. The summed E-state index contributed by atoms with van der Waals surface area (Å²) in [5.74, 6) is 0.114. The molecule has 2 aliphatic heterocycles. The summed E-state index contributed by atoms with van der Waals surface area (Å²) < 4.78 is 33.3. The van der Waals surface area contributed by atoms with Gasteiger partial charge in [-0.1, -0.05) is 6.42 Å². The molecule has 2 heterocycles. The maximum absolute atomic E-state index is 13.1. The Labute approximate surface area is 172 Å². The molecule has 8 nitrogen and oxygen atoms in total. The van der Waals surface area contributed by atoms with E-state index in [0.717, 1.165) is 25.7 Å². The van der Waals surface area contributed by atoms with Crippen LogP contribution >= 0.6 is 0 Å². The molecule has 0 aromatic heterocycles. The van der Waals surface area contributed by atoms with Crippen LogP contribution in [0.1, 0.15) is 45.4 Å². The Hall–Kier alpha value is -2.13. The Morgan fingerprint density at radius 3 is 2.55 bits per heavy atom. The molecule has 1 aromatic rings. The summed E-state index contributed by atoms with van der Waals surface area (Å²) in [6, 6.07) is 4.69. The molecule has 2 fully saturated rings. The highest BCUT2D eigenvalue weighted by Crippen LogP contribution is 2.31. The number of rotatable bonds is 8. The second-order valence-electron chi connectivity index (χ2n) is 7.34. The largest absolute Gasteiger partial charge is 0.492 e. The molecule has 0 atom stereocenters. The van der Waals surface area contributed by atoms with E-state index in [-0.39, 0.29) is 23.1 Å². The molecule has 1 aromatic carbocycles. The van der Waals surface area contributed by atoms with Crippen LogP contribution in [0.25, 0.3) is 0 Å². The van der Waals surface area contributed by atoms with Crippen molar-refractivity contribution in [3.05, 3.63) is 18.2 Å². The highest BCUT2D eigenvalue weighted by Gasteiger charge is 2.29. The van der Waals surface area contributed by atoms with Gasteiger partial charge in [-0.25, -0.2) is 8.42 Å². The van der Waals surface area contributed by atoms with Crippen LogP contribution in [0.4, 0.5) is 5.69 Å². The Morgan fingerprint density at radius 1 is 1.14 bits per heavy atom. The predicted molar refractivity (Wildman–Crippen MR) is 109 cm³/mol. The van der Waals surface area contributed by atoms with Gasteiger partial charge in [0.25, 0.3) is 0 Å². The van der Waals surface area contributed by atoms with Crippen LogP contribution in [0.2, 0.25) is 0 Å². The lowest BCUT2D eigenvalue weighted by molar-refractivity contribution is -0.128. The van der Waals surface area contributed by atoms with E-state index in [4.69, 9.17) is 4.74 Å². The zero-order valence-electron chi connectivity index (χ0n) is 16.9. The van der Waals surface area contributed by atoms with E-state index >= 15 is 0 Å². The van der Waals surface area contributed by atoms with E-state index in [1.807, 2.05) is 0 Å². The summed E-state index contributed by atoms with van der Waals surface area (Å²) in [6.45, 7) is 4.20. The van der Waals surface area contributed by atoms with Crippen LogP contribution in [0, 0.1) is 0 Å². The van der Waals surface area contributed by atoms with Gasteiger partial charge < -0.3 is 15.0 Å². The molecule has 2 aliphatic rings. The Bertz CT molecular complexity index is 850. The van der Waals surface area contributed by atoms with Gasteiger partial charge in [0.2, 0.25) is 21.8 Å². The van der Waals surface area contributed by atoms with Crippen LogP contribution in [-0.2, 0) is 19.6 Å². The highest BCUT2D eigenvalue weighted by molar-refractivity contribution is 7.89. The smallest absolute Gasteiger partial charge is 0.246 e. The van der Waals surface area contributed by atoms with Gasteiger partial charge in [0.15, 0.2) is 0 Å². The lowest BCUT2D eigenvalue weighted by Crippen LogP contribution is -2.35. The van der Waals surface area contributed by atoms with Gasteiger partial charge >= 0.3 is 0 Å². The average Bonchev–Trinajstić information content (AvgIpc) is 3.13. The number of benzene rings is 1. The van der Waals surface area contributed by atoms with Crippen molar-refractivity contribution in [3.63, 3.8) is 0 Å². The number of piperidine rings is 1. The summed E-state index contributed by atoms with van der Waals surface area (Å²) in [6.07, 6.45) is 4.26. The third-order valence-corrected chi connectivity index (χ3v) is 7.16. The van der Waals surface area contributed by atoms with E-state index in [1.54, 1.807) is 24.0 Å². The first-order valence-corrected chi connectivity index (χ1v) is 11.7. The van der Waals surface area contributed by atoms with Gasteiger partial charge in [0.05, 0.1) is 6.61 Å². The SMILES string of the molecule is CCOc1ccc(NC(=O)CCN2CCCC2=O)cc1S(=O)(=O)N1CCCCC1. The number of ether oxygens (including phenoxy) is 1. The number of nitrogens with one attached hydrogen (secondary N) is 1. The molecule has 3 rings (SSSR count). The highest BCUT2D eigenvalue weighted by atomic mass is 32.2. The quantitative estimate of drug-likeness (QED) is 0.692. The minimum absolute atomic E-state index is 0.0776. The van der Waals surface area contributed by atoms with Crippen molar-refractivity contribution in [1.82, 2.24) is 9.21 Å². The van der Waals surface area contributed by atoms with Crippen LogP contribution in [0.5, 0.6) is 5.75 Å². The summed E-state index contributed by atoms with van der Waals surface area (Å²) >= 11 is 0. The second-order valence-corrected chi connectivity index (χ2v) is 9.25. The molecule has 0 radical (unpaired) electrons. The van der Waals surface area contributed by atoms with Gasteiger partial charge in [0, 0.05) is 44.7 Å². The maximum Gasteiger partial charge on any atom is 0.246 e. The molecule has 0 spiro atoms. The second kappa shape index (κ2) is 9.58. The van der Waals surface area contributed by atoms with Crippen LogP contribution < -0.4 is 10.1 Å². The summed E-state index contributed by atoms with van der Waals surface area (Å²) in [5.41, 5.74) is 0.404.